The van der Waals surface area contributed by atoms with E-state index in [1.165, 1.54) is 43.4 Å². The number of hydrogen-bond acceptors (Lipinski definition) is 3. The van der Waals surface area contributed by atoms with E-state index < -0.39 is 10.0 Å². The Bertz CT molecular complexity index is 789. The van der Waals surface area contributed by atoms with Crippen molar-refractivity contribution < 1.29 is 8.42 Å². The average Bonchev–Trinajstić information content (AvgIpc) is 2.72. The summed E-state index contributed by atoms with van der Waals surface area (Å²) in [6.45, 7) is 4.19. The van der Waals surface area contributed by atoms with Crippen LogP contribution in [-0.4, -0.2) is 20.2 Å². The van der Waals surface area contributed by atoms with Crippen LogP contribution in [0.25, 0.3) is 0 Å². The van der Waals surface area contributed by atoms with Gasteiger partial charge < -0.3 is 0 Å². The highest BCUT2D eigenvalue weighted by Gasteiger charge is 2.20. The highest BCUT2D eigenvalue weighted by Crippen LogP contribution is 2.21. The molecule has 0 aliphatic carbocycles. The van der Waals surface area contributed by atoms with Crippen LogP contribution in [0.15, 0.2) is 64.4 Å². The molecule has 0 saturated carbocycles. The molecular formula is C24H35NO2S2. The van der Waals surface area contributed by atoms with Gasteiger partial charge in [-0.25, -0.2) is 13.1 Å². The van der Waals surface area contributed by atoms with Gasteiger partial charge in [0.05, 0.1) is 4.90 Å². The summed E-state index contributed by atoms with van der Waals surface area (Å²) in [7, 11) is -3.50. The van der Waals surface area contributed by atoms with Gasteiger partial charge in [0.1, 0.15) is 0 Å². The van der Waals surface area contributed by atoms with Crippen LogP contribution in [-0.2, 0) is 10.0 Å². The second-order valence-electron chi connectivity index (χ2n) is 7.67. The minimum absolute atomic E-state index is 0.0675. The molecule has 1 N–H and O–H groups in total. The van der Waals surface area contributed by atoms with E-state index in [9.17, 15) is 8.42 Å². The number of nitrogens with one attached hydrogen (secondary N) is 1. The van der Waals surface area contributed by atoms with Crippen LogP contribution in [0.3, 0.4) is 0 Å². The van der Waals surface area contributed by atoms with E-state index in [4.69, 9.17) is 0 Å². The molecule has 5 heteroatoms. The maximum absolute atomic E-state index is 12.9. The molecule has 0 heterocycles. The summed E-state index contributed by atoms with van der Waals surface area (Å²) in [5.41, 5.74) is 1.06. The van der Waals surface area contributed by atoms with Gasteiger partial charge in [-0.2, -0.15) is 0 Å². The molecule has 0 aliphatic heterocycles. The number of sulfonamides is 1. The topological polar surface area (TPSA) is 46.2 Å². The predicted molar refractivity (Wildman–Crippen MR) is 125 cm³/mol. The van der Waals surface area contributed by atoms with Crippen molar-refractivity contribution in [1.82, 2.24) is 4.72 Å². The van der Waals surface area contributed by atoms with Gasteiger partial charge >= 0.3 is 0 Å². The van der Waals surface area contributed by atoms with Gasteiger partial charge in [0.2, 0.25) is 10.0 Å². The molecule has 1 atom stereocenters. The summed E-state index contributed by atoms with van der Waals surface area (Å²) in [4.78, 5) is 1.52. The third-order valence-electron chi connectivity index (χ3n) is 5.00. The Kier molecular flexibility index (Phi) is 10.8. The van der Waals surface area contributed by atoms with E-state index in [0.29, 0.717) is 4.90 Å². The zero-order valence-corrected chi connectivity index (χ0v) is 19.4. The van der Waals surface area contributed by atoms with Crippen molar-refractivity contribution in [2.45, 2.75) is 81.0 Å². The average molecular weight is 434 g/mol. The van der Waals surface area contributed by atoms with Gasteiger partial charge in [-0.1, -0.05) is 87.8 Å². The van der Waals surface area contributed by atoms with E-state index in [1.807, 2.05) is 37.3 Å². The Morgan fingerprint density at radius 3 is 2.14 bits per heavy atom. The third kappa shape index (κ3) is 9.37. The largest absolute Gasteiger partial charge is 0.240 e. The maximum atomic E-state index is 12.9. The fourth-order valence-corrected chi connectivity index (χ4v) is 5.61. The number of unbranched alkanes of at least 4 members (excludes halogenated alkanes) is 6. The summed E-state index contributed by atoms with van der Waals surface area (Å²) in [5.74, 6) is 0.741. The van der Waals surface area contributed by atoms with Gasteiger partial charge in [-0.05, 0) is 37.6 Å². The lowest BCUT2D eigenvalue weighted by Crippen LogP contribution is -2.36. The summed E-state index contributed by atoms with van der Waals surface area (Å²) in [6, 6.07) is 17.2. The highest BCUT2D eigenvalue weighted by molar-refractivity contribution is 7.99. The van der Waals surface area contributed by atoms with Crippen molar-refractivity contribution in [3.63, 3.8) is 0 Å². The minimum Gasteiger partial charge on any atom is -0.207 e. The maximum Gasteiger partial charge on any atom is 0.240 e. The van der Waals surface area contributed by atoms with Gasteiger partial charge in [0.15, 0.2) is 0 Å². The Balaban J connectivity index is 1.92. The molecule has 1 unspecified atom stereocenters. The second kappa shape index (κ2) is 13.1. The molecule has 2 aromatic rings. The lowest BCUT2D eigenvalue weighted by molar-refractivity contribution is 0.516. The number of thioether (sulfide) groups is 1. The van der Waals surface area contributed by atoms with E-state index in [1.54, 1.807) is 23.9 Å². The molecule has 29 heavy (non-hydrogen) atoms. The second-order valence-corrected chi connectivity index (χ2v) is 10.5. The lowest BCUT2D eigenvalue weighted by Gasteiger charge is -2.19. The van der Waals surface area contributed by atoms with Crippen molar-refractivity contribution in [3.05, 3.63) is 60.2 Å². The van der Waals surface area contributed by atoms with Crippen LogP contribution in [0.1, 0.15) is 63.9 Å². The molecule has 0 spiro atoms. The van der Waals surface area contributed by atoms with Crippen molar-refractivity contribution in [2.75, 3.05) is 5.75 Å². The SMILES string of the molecule is CCCCCCCCCC(CSc1ccccc1)NS(=O)(=O)c1ccc(C)cc1. The van der Waals surface area contributed by atoms with Crippen molar-refractivity contribution >= 4 is 21.8 Å². The third-order valence-corrected chi connectivity index (χ3v) is 7.71. The van der Waals surface area contributed by atoms with E-state index in [0.717, 1.165) is 24.2 Å². The van der Waals surface area contributed by atoms with Gasteiger partial charge in [0, 0.05) is 16.7 Å². The summed E-state index contributed by atoms with van der Waals surface area (Å²) in [5, 5.41) is 0. The Labute approximate surface area is 181 Å². The lowest BCUT2D eigenvalue weighted by atomic mass is 10.1. The van der Waals surface area contributed by atoms with Gasteiger partial charge in [-0.15, -0.1) is 11.8 Å². The Morgan fingerprint density at radius 1 is 0.862 bits per heavy atom. The number of hydrogen-bond donors (Lipinski definition) is 1. The standard InChI is InChI=1S/C24H35NO2S2/c1-3-4-5-6-7-8-10-13-22(20-28-23-14-11-9-12-15-23)25-29(26,27)24-18-16-21(2)17-19-24/h9,11-12,14-19,22,25H,3-8,10,13,20H2,1-2H3. The van der Waals surface area contributed by atoms with Gasteiger partial charge in [0.25, 0.3) is 0 Å². The molecular weight excluding hydrogens is 398 g/mol. The van der Waals surface area contributed by atoms with Crippen LogP contribution in [0.4, 0.5) is 0 Å². The van der Waals surface area contributed by atoms with Crippen LogP contribution in [0.2, 0.25) is 0 Å². The number of benzene rings is 2. The first-order chi connectivity index (χ1) is 14.0. The van der Waals surface area contributed by atoms with Crippen molar-refractivity contribution in [3.8, 4) is 0 Å². The predicted octanol–water partition coefficient (Wildman–Crippen LogP) is 6.57. The smallest absolute Gasteiger partial charge is 0.207 e. The summed E-state index contributed by atoms with van der Waals surface area (Å²) < 4.78 is 28.7. The highest BCUT2D eigenvalue weighted by atomic mass is 32.2. The fourth-order valence-electron chi connectivity index (χ4n) is 3.24. The first-order valence-electron chi connectivity index (χ1n) is 10.8. The normalized spacial score (nSPS) is 12.8. The van der Waals surface area contributed by atoms with Crippen molar-refractivity contribution in [1.29, 1.82) is 0 Å². The molecule has 3 nitrogen and oxygen atoms in total. The van der Waals surface area contributed by atoms with Crippen molar-refractivity contribution in [2.24, 2.45) is 0 Å². The molecule has 2 aromatic carbocycles. The molecule has 0 bridgehead atoms. The Hall–Kier alpha value is -1.30. The molecule has 0 aromatic heterocycles. The fraction of sp³-hybridized carbons (Fsp3) is 0.500. The first-order valence-corrected chi connectivity index (χ1v) is 13.2. The van der Waals surface area contributed by atoms with Crippen LogP contribution >= 0.6 is 11.8 Å². The molecule has 0 aliphatic rings. The number of rotatable bonds is 14. The van der Waals surface area contributed by atoms with E-state index in [2.05, 4.69) is 23.8 Å². The summed E-state index contributed by atoms with van der Waals surface area (Å²) in [6.07, 6.45) is 9.51. The Morgan fingerprint density at radius 2 is 1.48 bits per heavy atom. The first kappa shape index (κ1) is 24.0. The molecule has 160 valence electrons. The van der Waals surface area contributed by atoms with Crippen LogP contribution in [0, 0.1) is 6.92 Å². The molecule has 2 rings (SSSR count). The molecule has 0 fully saturated rings. The van der Waals surface area contributed by atoms with Crippen LogP contribution < -0.4 is 4.72 Å². The van der Waals surface area contributed by atoms with Crippen LogP contribution in [0.5, 0.6) is 0 Å². The quantitative estimate of drug-likeness (QED) is 0.270. The zero-order valence-electron chi connectivity index (χ0n) is 17.8. The van der Waals surface area contributed by atoms with Gasteiger partial charge in [-0.3, -0.25) is 0 Å². The molecule has 0 saturated heterocycles. The zero-order chi connectivity index (χ0) is 21.0. The monoisotopic (exact) mass is 433 g/mol. The van der Waals surface area contributed by atoms with E-state index >= 15 is 0 Å². The molecule has 0 amide bonds. The van der Waals surface area contributed by atoms with E-state index in [-0.39, 0.29) is 6.04 Å². The minimum atomic E-state index is -3.50. The molecule has 0 radical (unpaired) electrons. The summed E-state index contributed by atoms with van der Waals surface area (Å²) >= 11 is 1.71. The number of aryl methyl sites for hydroxylation is 1.